The normalized spacial score (nSPS) is 15.8. The van der Waals surface area contributed by atoms with Crippen molar-refractivity contribution in [2.75, 3.05) is 19.0 Å². The average Bonchev–Trinajstić information content (AvgIpc) is 2.59. The molecule has 0 saturated carbocycles. The molecule has 1 atom stereocenters. The van der Waals surface area contributed by atoms with Gasteiger partial charge in [0.2, 0.25) is 5.88 Å². The molecule has 6 nitrogen and oxygen atoms in total. The second kappa shape index (κ2) is 6.21. The number of carboxylic acid groups (broad SMARTS) is 1. The maximum atomic E-state index is 11.3. The Kier molecular flexibility index (Phi) is 4.07. The molecule has 1 heterocycles. The maximum absolute atomic E-state index is 11.3. The van der Waals surface area contributed by atoms with E-state index in [1.165, 1.54) is 6.07 Å². The van der Waals surface area contributed by atoms with Crippen LogP contribution in [0, 0.1) is 11.3 Å². The number of hydrogen-bond acceptors (Lipinski definition) is 5. The minimum Gasteiger partial charge on any atom is -0.478 e. The number of ether oxygens (including phenoxy) is 1. The topological polar surface area (TPSA) is 99.6 Å². The van der Waals surface area contributed by atoms with Gasteiger partial charge in [0.15, 0.2) is 0 Å². The first-order valence-electron chi connectivity index (χ1n) is 7.64. The fraction of sp³-hybridized carbons (Fsp3) is 0.158. The Balaban J connectivity index is 2.19. The van der Waals surface area contributed by atoms with Crippen molar-refractivity contribution in [1.29, 1.82) is 5.26 Å². The van der Waals surface area contributed by atoms with Gasteiger partial charge >= 0.3 is 5.97 Å². The molecular formula is C19H17N3O3. The Hall–Kier alpha value is -3.46. The van der Waals surface area contributed by atoms with Crippen molar-refractivity contribution in [1.82, 2.24) is 0 Å². The fourth-order valence-electron chi connectivity index (χ4n) is 2.92. The molecule has 1 unspecified atom stereocenters. The standard InChI is InChI=1S/C19H17N3O3/c1-22(2)13-6-7-14-16(9-13)25-18(21)15(10-20)17(14)11-4-3-5-12(8-11)19(23)24/h3-9,17H,21H2,1-2H3,(H,23,24). The van der Waals surface area contributed by atoms with Crippen LogP contribution in [-0.4, -0.2) is 25.2 Å². The number of hydrogen-bond donors (Lipinski definition) is 2. The molecule has 3 rings (SSSR count). The number of nitrogens with two attached hydrogens (primary N) is 1. The molecule has 2 aromatic carbocycles. The van der Waals surface area contributed by atoms with E-state index in [0.717, 1.165) is 11.3 Å². The zero-order valence-corrected chi connectivity index (χ0v) is 13.9. The molecule has 1 aliphatic heterocycles. The highest BCUT2D eigenvalue weighted by molar-refractivity contribution is 5.88. The summed E-state index contributed by atoms with van der Waals surface area (Å²) in [4.78, 5) is 13.2. The summed E-state index contributed by atoms with van der Waals surface area (Å²) in [5.74, 6) is -0.887. The molecule has 0 aromatic heterocycles. The number of aromatic carboxylic acids is 1. The molecule has 6 heteroatoms. The predicted molar refractivity (Wildman–Crippen MR) is 93.5 cm³/mol. The molecule has 126 valence electrons. The van der Waals surface area contributed by atoms with Crippen LogP contribution in [0.1, 0.15) is 27.4 Å². The number of benzene rings is 2. The Morgan fingerprint density at radius 1 is 1.28 bits per heavy atom. The van der Waals surface area contributed by atoms with Gasteiger partial charge in [-0.2, -0.15) is 5.26 Å². The molecule has 0 saturated heterocycles. The molecule has 1 aliphatic rings. The lowest BCUT2D eigenvalue weighted by molar-refractivity contribution is 0.0696. The summed E-state index contributed by atoms with van der Waals surface area (Å²) in [6.45, 7) is 0. The number of nitrogens with zero attached hydrogens (tertiary/aromatic N) is 2. The zero-order chi connectivity index (χ0) is 18.1. The quantitative estimate of drug-likeness (QED) is 0.894. The lowest BCUT2D eigenvalue weighted by Gasteiger charge is -2.27. The molecule has 0 bridgehead atoms. The maximum Gasteiger partial charge on any atom is 0.335 e. The van der Waals surface area contributed by atoms with E-state index in [2.05, 4.69) is 6.07 Å². The highest BCUT2D eigenvalue weighted by Gasteiger charge is 2.31. The molecule has 25 heavy (non-hydrogen) atoms. The summed E-state index contributed by atoms with van der Waals surface area (Å²) in [5, 5.41) is 18.8. The van der Waals surface area contributed by atoms with Crippen LogP contribution >= 0.6 is 0 Å². The van der Waals surface area contributed by atoms with Crippen LogP contribution in [0.3, 0.4) is 0 Å². The summed E-state index contributed by atoms with van der Waals surface area (Å²) < 4.78 is 5.65. The van der Waals surface area contributed by atoms with E-state index in [0.29, 0.717) is 11.3 Å². The monoisotopic (exact) mass is 335 g/mol. The summed E-state index contributed by atoms with van der Waals surface area (Å²) in [6.07, 6.45) is 0. The van der Waals surface area contributed by atoms with Gasteiger partial charge in [0.25, 0.3) is 0 Å². The van der Waals surface area contributed by atoms with Crippen LogP contribution in [0.25, 0.3) is 0 Å². The second-order valence-corrected chi connectivity index (χ2v) is 5.97. The molecule has 2 aromatic rings. The number of rotatable bonds is 3. The van der Waals surface area contributed by atoms with Gasteiger partial charge in [-0.05, 0) is 23.8 Å². The van der Waals surface area contributed by atoms with E-state index in [1.54, 1.807) is 18.2 Å². The van der Waals surface area contributed by atoms with Crippen LogP contribution in [0.15, 0.2) is 53.9 Å². The van der Waals surface area contributed by atoms with Crippen molar-refractivity contribution < 1.29 is 14.6 Å². The number of anilines is 1. The molecule has 0 spiro atoms. The first kappa shape index (κ1) is 16.4. The van der Waals surface area contributed by atoms with Crippen LogP contribution in [-0.2, 0) is 0 Å². The number of nitriles is 1. The van der Waals surface area contributed by atoms with Gasteiger partial charge in [-0.1, -0.05) is 18.2 Å². The number of carboxylic acids is 1. The van der Waals surface area contributed by atoms with Gasteiger partial charge in [0.05, 0.1) is 11.5 Å². The van der Waals surface area contributed by atoms with Gasteiger partial charge in [-0.25, -0.2) is 4.79 Å². The lowest BCUT2D eigenvalue weighted by Crippen LogP contribution is -2.21. The molecule has 3 N–H and O–H groups in total. The third-order valence-corrected chi connectivity index (χ3v) is 4.19. The van der Waals surface area contributed by atoms with Crippen molar-refractivity contribution >= 4 is 11.7 Å². The predicted octanol–water partition coefficient (Wildman–Crippen LogP) is 2.67. The smallest absolute Gasteiger partial charge is 0.335 e. The second-order valence-electron chi connectivity index (χ2n) is 5.97. The van der Waals surface area contributed by atoms with Gasteiger partial charge in [-0.3, -0.25) is 0 Å². The summed E-state index contributed by atoms with van der Waals surface area (Å²) in [6, 6.07) is 14.3. The van der Waals surface area contributed by atoms with E-state index >= 15 is 0 Å². The molecule has 0 fully saturated rings. The minimum absolute atomic E-state index is 0.0386. The first-order chi connectivity index (χ1) is 11.9. The highest BCUT2D eigenvalue weighted by atomic mass is 16.5. The Labute approximate surface area is 145 Å². The van der Waals surface area contributed by atoms with E-state index in [4.69, 9.17) is 10.5 Å². The van der Waals surface area contributed by atoms with Crippen molar-refractivity contribution in [3.8, 4) is 11.8 Å². The van der Waals surface area contributed by atoms with Crippen molar-refractivity contribution in [2.45, 2.75) is 5.92 Å². The van der Waals surface area contributed by atoms with Crippen LogP contribution < -0.4 is 15.4 Å². The fourth-order valence-corrected chi connectivity index (χ4v) is 2.92. The Bertz CT molecular complexity index is 926. The summed E-state index contributed by atoms with van der Waals surface area (Å²) in [7, 11) is 3.83. The third-order valence-electron chi connectivity index (χ3n) is 4.19. The van der Waals surface area contributed by atoms with Crippen molar-refractivity contribution in [2.24, 2.45) is 5.73 Å². The minimum atomic E-state index is -1.02. The van der Waals surface area contributed by atoms with Gasteiger partial charge < -0.3 is 20.5 Å². The SMILES string of the molecule is CN(C)c1ccc2c(c1)OC(N)=C(C#N)C2c1cccc(C(=O)O)c1. The zero-order valence-electron chi connectivity index (χ0n) is 13.9. The Morgan fingerprint density at radius 2 is 2.04 bits per heavy atom. The van der Waals surface area contributed by atoms with Crippen molar-refractivity contribution in [3.05, 3.63) is 70.6 Å². The van der Waals surface area contributed by atoms with Crippen LogP contribution in [0.4, 0.5) is 5.69 Å². The van der Waals surface area contributed by atoms with Gasteiger partial charge in [0.1, 0.15) is 17.4 Å². The van der Waals surface area contributed by atoms with Crippen LogP contribution in [0.2, 0.25) is 0 Å². The third kappa shape index (κ3) is 2.88. The lowest BCUT2D eigenvalue weighted by atomic mass is 9.83. The van der Waals surface area contributed by atoms with Gasteiger partial charge in [-0.15, -0.1) is 0 Å². The van der Waals surface area contributed by atoms with E-state index in [1.807, 2.05) is 37.2 Å². The number of carbonyl (C=O) groups is 1. The van der Waals surface area contributed by atoms with E-state index in [-0.39, 0.29) is 17.0 Å². The first-order valence-corrected chi connectivity index (χ1v) is 7.64. The molecular weight excluding hydrogens is 318 g/mol. The van der Waals surface area contributed by atoms with Crippen molar-refractivity contribution in [3.63, 3.8) is 0 Å². The largest absolute Gasteiger partial charge is 0.478 e. The summed E-state index contributed by atoms with van der Waals surface area (Å²) in [5.41, 5.74) is 8.78. The van der Waals surface area contributed by atoms with Crippen LogP contribution in [0.5, 0.6) is 5.75 Å². The number of fused-ring (bicyclic) bond motifs is 1. The number of allylic oxidation sites excluding steroid dienone is 1. The highest BCUT2D eigenvalue weighted by Crippen LogP contribution is 2.43. The molecule has 0 radical (unpaired) electrons. The van der Waals surface area contributed by atoms with E-state index < -0.39 is 11.9 Å². The Morgan fingerprint density at radius 3 is 2.68 bits per heavy atom. The molecule has 0 aliphatic carbocycles. The molecule has 0 amide bonds. The summed E-state index contributed by atoms with van der Waals surface area (Å²) >= 11 is 0. The van der Waals surface area contributed by atoms with Gasteiger partial charge in [0, 0.05) is 31.4 Å². The average molecular weight is 335 g/mol. The van der Waals surface area contributed by atoms with E-state index in [9.17, 15) is 15.2 Å².